The van der Waals surface area contributed by atoms with Gasteiger partial charge < -0.3 is 0 Å². The topological polar surface area (TPSA) is 9.23 Å². The van der Waals surface area contributed by atoms with Crippen molar-refractivity contribution < 1.29 is 3.07 Å². The molecule has 0 aromatic rings. The van der Waals surface area contributed by atoms with E-state index in [9.17, 15) is 0 Å². The van der Waals surface area contributed by atoms with Crippen LogP contribution in [0.1, 0.15) is 0 Å². The van der Waals surface area contributed by atoms with Crippen molar-refractivity contribution in [1.82, 2.24) is 0 Å². The van der Waals surface area contributed by atoms with E-state index in [2.05, 4.69) is 15.9 Å². The molecule has 0 saturated heterocycles. The van der Waals surface area contributed by atoms with E-state index < -0.39 is 19.6 Å². The monoisotopic (exact) mass is 209 g/mol. The second-order valence-corrected chi connectivity index (χ2v) is 3.10. The number of rotatable bonds is 3. The molecular formula is C3H5OSSn. The third kappa shape index (κ3) is 4.72. The molecular weight excluding hydrogens is 203 g/mol. The van der Waals surface area contributed by atoms with Crippen molar-refractivity contribution in [3.05, 3.63) is 12.7 Å². The van der Waals surface area contributed by atoms with Gasteiger partial charge in [-0.15, -0.1) is 0 Å². The first-order valence-electron chi connectivity index (χ1n) is 1.51. The van der Waals surface area contributed by atoms with Crippen molar-refractivity contribution in [2.45, 2.75) is 0 Å². The molecule has 0 rings (SSSR count). The van der Waals surface area contributed by atoms with E-state index in [1.165, 1.54) is 0 Å². The van der Waals surface area contributed by atoms with Gasteiger partial charge in [-0.2, -0.15) is 0 Å². The molecule has 0 aromatic heterocycles. The molecule has 0 atom stereocenters. The van der Waals surface area contributed by atoms with Crippen LogP contribution in [0.5, 0.6) is 0 Å². The molecule has 0 saturated carbocycles. The summed E-state index contributed by atoms with van der Waals surface area (Å²) in [5.41, 5.74) is 0. The number of hydrogen-bond donors (Lipinski definition) is 0. The minimum absolute atomic E-state index is 0.648. The second kappa shape index (κ2) is 5.72. The van der Waals surface area contributed by atoms with Gasteiger partial charge in [-0.25, -0.2) is 0 Å². The fourth-order valence-corrected chi connectivity index (χ4v) is 1.08. The second-order valence-electron chi connectivity index (χ2n) is 0.683. The molecule has 0 aliphatic carbocycles. The predicted molar refractivity (Wildman–Crippen MR) is 29.5 cm³/mol. The van der Waals surface area contributed by atoms with Crippen molar-refractivity contribution in [2.75, 3.05) is 6.61 Å². The maximum absolute atomic E-state index is 4.85. The molecule has 3 heteroatoms. The van der Waals surface area contributed by atoms with Crippen LogP contribution in [0.15, 0.2) is 12.7 Å². The van der Waals surface area contributed by atoms with Crippen LogP contribution in [0, 0.1) is 0 Å². The molecule has 0 heterocycles. The summed E-state index contributed by atoms with van der Waals surface area (Å²) in [5.74, 6) is 0. The van der Waals surface area contributed by atoms with Crippen LogP contribution in [0.2, 0.25) is 0 Å². The van der Waals surface area contributed by atoms with E-state index in [1.807, 2.05) is 0 Å². The van der Waals surface area contributed by atoms with E-state index in [0.29, 0.717) is 6.61 Å². The Hall–Kier alpha value is 0.719. The summed E-state index contributed by atoms with van der Waals surface area (Å²) in [6.07, 6.45) is 1.72. The first-order valence-corrected chi connectivity index (χ1v) is 6.58. The molecule has 1 nitrogen and oxygen atoms in total. The van der Waals surface area contributed by atoms with Gasteiger partial charge >= 0.3 is 51.2 Å². The van der Waals surface area contributed by atoms with Crippen molar-refractivity contribution in [3.8, 4) is 0 Å². The van der Waals surface area contributed by atoms with Crippen molar-refractivity contribution in [2.24, 2.45) is 0 Å². The van der Waals surface area contributed by atoms with Crippen molar-refractivity contribution in [1.29, 1.82) is 0 Å². The normalized spacial score (nSPS) is 7.33. The average molecular weight is 208 g/mol. The minimum atomic E-state index is -0.798. The van der Waals surface area contributed by atoms with Crippen LogP contribution in [-0.4, -0.2) is 26.2 Å². The molecule has 0 aliphatic heterocycles. The third-order valence-corrected chi connectivity index (χ3v) is 1.86. The first kappa shape index (κ1) is 6.72. The summed E-state index contributed by atoms with van der Waals surface area (Å²) in [7, 11) is 4.62. The fraction of sp³-hybridized carbons (Fsp3) is 0.333. The van der Waals surface area contributed by atoms with Crippen LogP contribution in [-0.2, 0) is 3.07 Å². The molecule has 0 aromatic carbocycles. The molecule has 0 N–H and O–H groups in total. The molecule has 0 spiro atoms. The predicted octanol–water partition coefficient (Wildman–Crippen LogP) is 0.921. The Morgan fingerprint density at radius 2 is 2.67 bits per heavy atom. The van der Waals surface area contributed by atoms with Gasteiger partial charge in [0.05, 0.1) is 0 Å². The SMILES string of the molecule is C=CC[O][Sn]=[S]. The molecule has 1 radical (unpaired) electrons. The van der Waals surface area contributed by atoms with Crippen molar-refractivity contribution >= 4 is 28.9 Å². The zero-order valence-electron chi connectivity index (χ0n) is 3.31. The Balaban J connectivity index is 2.66. The van der Waals surface area contributed by atoms with E-state index in [4.69, 9.17) is 3.07 Å². The Morgan fingerprint density at radius 3 is 2.83 bits per heavy atom. The summed E-state index contributed by atoms with van der Waals surface area (Å²) in [5, 5.41) is 0. The maximum atomic E-state index is 4.85. The van der Waals surface area contributed by atoms with Gasteiger partial charge in [0.15, 0.2) is 0 Å². The third-order valence-electron chi connectivity index (χ3n) is 0.260. The van der Waals surface area contributed by atoms with Crippen molar-refractivity contribution in [3.63, 3.8) is 0 Å². The van der Waals surface area contributed by atoms with Gasteiger partial charge in [0, 0.05) is 0 Å². The molecule has 6 heavy (non-hydrogen) atoms. The van der Waals surface area contributed by atoms with Gasteiger partial charge in [-0.1, -0.05) is 0 Å². The summed E-state index contributed by atoms with van der Waals surface area (Å²) in [6.45, 7) is 4.10. The van der Waals surface area contributed by atoms with Gasteiger partial charge in [0.1, 0.15) is 0 Å². The van der Waals surface area contributed by atoms with E-state index >= 15 is 0 Å². The zero-order chi connectivity index (χ0) is 4.83. The molecule has 0 bridgehead atoms. The Kier molecular flexibility index (Phi) is 6.40. The fourth-order valence-electron chi connectivity index (χ4n) is 0.0929. The van der Waals surface area contributed by atoms with Crippen LogP contribution < -0.4 is 0 Å². The van der Waals surface area contributed by atoms with Crippen LogP contribution in [0.3, 0.4) is 0 Å². The van der Waals surface area contributed by atoms with E-state index in [0.717, 1.165) is 0 Å². The van der Waals surface area contributed by atoms with Gasteiger partial charge in [-0.3, -0.25) is 0 Å². The Bertz CT molecular complexity index is 46.8. The van der Waals surface area contributed by atoms with Crippen LogP contribution >= 0.6 is 9.29 Å². The quantitative estimate of drug-likeness (QED) is 0.387. The van der Waals surface area contributed by atoms with Crippen LogP contribution in [0.4, 0.5) is 0 Å². The van der Waals surface area contributed by atoms with Gasteiger partial charge in [0.2, 0.25) is 0 Å². The Morgan fingerprint density at radius 1 is 2.00 bits per heavy atom. The average Bonchev–Trinajstić information content (AvgIpc) is 1.61. The van der Waals surface area contributed by atoms with E-state index in [-0.39, 0.29) is 0 Å². The zero-order valence-corrected chi connectivity index (χ0v) is 6.98. The van der Waals surface area contributed by atoms with Gasteiger partial charge in [0.25, 0.3) is 0 Å². The molecule has 33 valence electrons. The summed E-state index contributed by atoms with van der Waals surface area (Å²) in [6, 6.07) is 0. The summed E-state index contributed by atoms with van der Waals surface area (Å²) >= 11 is -0.798. The standard InChI is InChI=1S/C3H5O.S.Sn/c1-2-3-4;;/h2H,1,3H2;;/q-1;;+1. The summed E-state index contributed by atoms with van der Waals surface area (Å²) < 4.78 is 4.85. The molecule has 0 amide bonds. The van der Waals surface area contributed by atoms with Crippen LogP contribution in [0.25, 0.3) is 0 Å². The van der Waals surface area contributed by atoms with E-state index in [1.54, 1.807) is 6.08 Å². The van der Waals surface area contributed by atoms with Gasteiger partial charge in [-0.05, 0) is 0 Å². The molecule has 0 fully saturated rings. The first-order chi connectivity index (χ1) is 2.91. The number of hydrogen-bond acceptors (Lipinski definition) is 2. The molecule has 0 aliphatic rings. The Labute approximate surface area is 51.3 Å². The summed E-state index contributed by atoms with van der Waals surface area (Å²) in [4.78, 5) is 0. The molecule has 0 unspecified atom stereocenters.